The normalized spacial score (nSPS) is 22.6. The lowest BCUT2D eigenvalue weighted by Gasteiger charge is -2.37. The second kappa shape index (κ2) is 5.41. The summed E-state index contributed by atoms with van der Waals surface area (Å²) in [6, 6.07) is 1.27. The van der Waals surface area contributed by atoms with Crippen LogP contribution in [0.5, 0.6) is 0 Å². The minimum Gasteiger partial charge on any atom is -0.477 e. The zero-order valence-corrected chi connectivity index (χ0v) is 11.1. The summed E-state index contributed by atoms with van der Waals surface area (Å²) < 4.78 is 5.49. The minimum absolute atomic E-state index is 0.00327. The molecule has 0 aromatic carbocycles. The predicted octanol–water partition coefficient (Wildman–Crippen LogP) is 1.30. The molecule has 1 aromatic rings. The van der Waals surface area contributed by atoms with E-state index in [4.69, 9.17) is 9.84 Å². The summed E-state index contributed by atoms with van der Waals surface area (Å²) in [4.78, 5) is 27.1. The van der Waals surface area contributed by atoms with Crippen molar-refractivity contribution in [2.24, 2.45) is 0 Å². The topological polar surface area (TPSA) is 106 Å². The van der Waals surface area contributed by atoms with Crippen LogP contribution in [-0.4, -0.2) is 46.3 Å². The third kappa shape index (κ3) is 2.69. The van der Waals surface area contributed by atoms with Crippen LogP contribution in [-0.2, 0) is 4.74 Å². The van der Waals surface area contributed by atoms with Crippen LogP contribution >= 0.6 is 0 Å². The molecule has 0 amide bonds. The van der Waals surface area contributed by atoms with E-state index in [1.54, 1.807) is 0 Å². The summed E-state index contributed by atoms with van der Waals surface area (Å²) in [5.41, 5.74) is -0.860. The number of carboxylic acid groups (broad SMARTS) is 1. The van der Waals surface area contributed by atoms with Gasteiger partial charge in [-0.25, -0.2) is 9.78 Å². The van der Waals surface area contributed by atoms with Gasteiger partial charge in [-0.3, -0.25) is 10.1 Å². The number of morpholine rings is 1. The number of aromatic nitrogens is 1. The number of aromatic carboxylic acids is 1. The van der Waals surface area contributed by atoms with Gasteiger partial charge in [0.25, 0.3) is 0 Å². The molecule has 1 aliphatic rings. The number of nitro groups is 1. The highest BCUT2D eigenvalue weighted by Crippen LogP contribution is 2.25. The van der Waals surface area contributed by atoms with Crippen molar-refractivity contribution < 1.29 is 19.6 Å². The highest BCUT2D eigenvalue weighted by molar-refractivity contribution is 5.93. The first kappa shape index (κ1) is 14.2. The van der Waals surface area contributed by atoms with Gasteiger partial charge in [0.2, 0.25) is 0 Å². The molecule has 2 rings (SSSR count). The molecule has 1 N–H and O–H groups in total. The van der Waals surface area contributed by atoms with Gasteiger partial charge >= 0.3 is 11.7 Å². The molecule has 1 saturated heterocycles. The second-order valence-corrected chi connectivity index (χ2v) is 4.77. The summed E-state index contributed by atoms with van der Waals surface area (Å²) in [5.74, 6) is -0.926. The highest BCUT2D eigenvalue weighted by atomic mass is 16.6. The molecule has 2 unspecified atom stereocenters. The molecule has 1 fully saturated rings. The van der Waals surface area contributed by atoms with Gasteiger partial charge in [0.15, 0.2) is 0 Å². The van der Waals surface area contributed by atoms with Crippen LogP contribution in [0.4, 0.5) is 11.5 Å². The van der Waals surface area contributed by atoms with E-state index in [0.29, 0.717) is 19.0 Å². The van der Waals surface area contributed by atoms with Crippen LogP contribution in [0.25, 0.3) is 0 Å². The van der Waals surface area contributed by atoms with Crippen molar-refractivity contribution in [3.63, 3.8) is 0 Å². The first-order valence-corrected chi connectivity index (χ1v) is 6.16. The molecular formula is C12H15N3O5. The maximum absolute atomic E-state index is 11.1. The number of pyridine rings is 1. The fourth-order valence-electron chi connectivity index (χ4n) is 2.13. The second-order valence-electron chi connectivity index (χ2n) is 4.77. The van der Waals surface area contributed by atoms with Crippen molar-refractivity contribution >= 4 is 17.5 Å². The zero-order chi connectivity index (χ0) is 14.9. The van der Waals surface area contributed by atoms with Crippen molar-refractivity contribution in [2.75, 3.05) is 18.1 Å². The minimum atomic E-state index is -1.34. The number of anilines is 1. The third-order valence-corrected chi connectivity index (χ3v) is 3.20. The molecule has 2 heterocycles. The van der Waals surface area contributed by atoms with Crippen molar-refractivity contribution in [3.05, 3.63) is 27.9 Å². The van der Waals surface area contributed by atoms with Gasteiger partial charge in [-0.05, 0) is 13.8 Å². The van der Waals surface area contributed by atoms with E-state index < -0.39 is 16.6 Å². The van der Waals surface area contributed by atoms with Crippen LogP contribution in [0.3, 0.4) is 0 Å². The number of carbonyl (C=O) groups is 1. The monoisotopic (exact) mass is 281 g/mol. The number of hydrogen-bond donors (Lipinski definition) is 1. The lowest BCUT2D eigenvalue weighted by atomic mass is 10.1. The highest BCUT2D eigenvalue weighted by Gasteiger charge is 2.28. The van der Waals surface area contributed by atoms with Gasteiger partial charge in [-0.2, -0.15) is 0 Å². The molecule has 1 aliphatic heterocycles. The van der Waals surface area contributed by atoms with Gasteiger partial charge in [0, 0.05) is 12.6 Å². The summed E-state index contributed by atoms with van der Waals surface area (Å²) >= 11 is 0. The van der Waals surface area contributed by atoms with E-state index in [1.165, 1.54) is 6.07 Å². The van der Waals surface area contributed by atoms with Crippen molar-refractivity contribution in [1.29, 1.82) is 0 Å². The molecule has 108 valence electrons. The van der Waals surface area contributed by atoms with Crippen LogP contribution in [0.15, 0.2) is 12.3 Å². The van der Waals surface area contributed by atoms with Gasteiger partial charge < -0.3 is 14.7 Å². The van der Waals surface area contributed by atoms with E-state index in [0.717, 1.165) is 6.20 Å². The average Bonchev–Trinajstić information content (AvgIpc) is 2.40. The predicted molar refractivity (Wildman–Crippen MR) is 70.1 cm³/mol. The molecule has 0 aliphatic carbocycles. The maximum atomic E-state index is 11.1. The SMILES string of the molecule is CC1CN(c2cc(C(=O)O)c([N+](=O)[O-])cn2)C(C)CO1. The van der Waals surface area contributed by atoms with Crippen LogP contribution in [0.1, 0.15) is 24.2 Å². The Labute approximate surface area is 115 Å². The number of rotatable bonds is 3. The van der Waals surface area contributed by atoms with E-state index in [2.05, 4.69) is 4.98 Å². The first-order chi connectivity index (χ1) is 9.40. The Morgan fingerprint density at radius 1 is 1.60 bits per heavy atom. The number of carboxylic acids is 1. The molecule has 8 nitrogen and oxygen atoms in total. The van der Waals surface area contributed by atoms with Crippen LogP contribution in [0.2, 0.25) is 0 Å². The molecule has 0 spiro atoms. The Morgan fingerprint density at radius 3 is 2.90 bits per heavy atom. The Hall–Kier alpha value is -2.22. The van der Waals surface area contributed by atoms with Gasteiger partial charge in [-0.1, -0.05) is 0 Å². The van der Waals surface area contributed by atoms with Gasteiger partial charge in [0.1, 0.15) is 17.6 Å². The zero-order valence-electron chi connectivity index (χ0n) is 11.1. The average molecular weight is 281 g/mol. The van der Waals surface area contributed by atoms with E-state index >= 15 is 0 Å². The van der Waals surface area contributed by atoms with Gasteiger partial charge in [0.05, 0.1) is 23.7 Å². The van der Waals surface area contributed by atoms with Crippen LogP contribution < -0.4 is 4.90 Å². The lowest BCUT2D eigenvalue weighted by Crippen LogP contribution is -2.47. The van der Waals surface area contributed by atoms with E-state index in [-0.39, 0.29) is 17.7 Å². The molecule has 0 saturated carbocycles. The Bertz CT molecular complexity index is 548. The quantitative estimate of drug-likeness (QED) is 0.657. The summed E-state index contributed by atoms with van der Waals surface area (Å²) in [6.07, 6.45) is 0.988. The lowest BCUT2D eigenvalue weighted by molar-refractivity contribution is -0.385. The van der Waals surface area contributed by atoms with Crippen molar-refractivity contribution in [1.82, 2.24) is 4.98 Å². The molecular weight excluding hydrogens is 266 g/mol. The Morgan fingerprint density at radius 2 is 2.30 bits per heavy atom. The molecule has 0 radical (unpaired) electrons. The summed E-state index contributed by atoms with van der Waals surface area (Å²) in [5, 5.41) is 19.9. The van der Waals surface area contributed by atoms with Crippen LogP contribution in [0, 0.1) is 10.1 Å². The van der Waals surface area contributed by atoms with Crippen molar-refractivity contribution in [2.45, 2.75) is 26.0 Å². The summed E-state index contributed by atoms with van der Waals surface area (Å²) in [6.45, 7) is 4.89. The van der Waals surface area contributed by atoms with Gasteiger partial charge in [-0.15, -0.1) is 0 Å². The Kier molecular flexibility index (Phi) is 3.84. The fourth-order valence-corrected chi connectivity index (χ4v) is 2.13. The largest absolute Gasteiger partial charge is 0.477 e. The number of nitrogens with zero attached hydrogens (tertiary/aromatic N) is 3. The standard InChI is InChI=1S/C12H15N3O5/c1-7-6-20-8(2)5-14(7)11-3-9(12(16)17)10(4-13-11)15(18)19/h3-4,7-8H,5-6H2,1-2H3,(H,16,17). The molecule has 20 heavy (non-hydrogen) atoms. The molecule has 0 bridgehead atoms. The first-order valence-electron chi connectivity index (χ1n) is 6.16. The fraction of sp³-hybridized carbons (Fsp3) is 0.500. The molecule has 2 atom stereocenters. The maximum Gasteiger partial charge on any atom is 0.342 e. The van der Waals surface area contributed by atoms with Crippen molar-refractivity contribution in [3.8, 4) is 0 Å². The smallest absolute Gasteiger partial charge is 0.342 e. The number of hydrogen-bond acceptors (Lipinski definition) is 6. The molecule has 1 aromatic heterocycles. The van der Waals surface area contributed by atoms with E-state index in [9.17, 15) is 14.9 Å². The molecule has 8 heteroatoms. The Balaban J connectivity index is 2.40. The number of ether oxygens (including phenoxy) is 1. The van der Waals surface area contributed by atoms with E-state index in [1.807, 2.05) is 18.7 Å². The summed E-state index contributed by atoms with van der Waals surface area (Å²) in [7, 11) is 0. The third-order valence-electron chi connectivity index (χ3n) is 3.20.